The number of hydrogen-bond donors (Lipinski definition) is 2. The van der Waals surface area contributed by atoms with Crippen molar-refractivity contribution in [3.05, 3.63) is 60.2 Å². The van der Waals surface area contributed by atoms with Crippen LogP contribution in [0.3, 0.4) is 0 Å². The lowest BCUT2D eigenvalue weighted by Crippen LogP contribution is -2.20. The summed E-state index contributed by atoms with van der Waals surface area (Å²) in [6.07, 6.45) is 4.29. The Balaban J connectivity index is 1.36. The smallest absolute Gasteiger partial charge is 0.264 e. The van der Waals surface area contributed by atoms with Crippen LogP contribution in [0.4, 0.5) is 11.6 Å². The van der Waals surface area contributed by atoms with Crippen molar-refractivity contribution in [3.63, 3.8) is 0 Å². The molecule has 2 N–H and O–H groups in total. The van der Waals surface area contributed by atoms with Gasteiger partial charge in [0.25, 0.3) is 11.8 Å². The molecule has 1 amide bonds. The molecule has 0 aliphatic heterocycles. The number of anilines is 2. The van der Waals surface area contributed by atoms with E-state index in [1.165, 1.54) is 0 Å². The van der Waals surface area contributed by atoms with Crippen molar-refractivity contribution in [2.45, 2.75) is 32.2 Å². The van der Waals surface area contributed by atoms with E-state index in [4.69, 9.17) is 4.52 Å². The Labute approximate surface area is 158 Å². The van der Waals surface area contributed by atoms with Crippen LogP contribution in [0.1, 0.15) is 31.2 Å². The molecule has 27 heavy (non-hydrogen) atoms. The molecular formula is C21H22N4O2. The maximum absolute atomic E-state index is 12.3. The highest BCUT2D eigenvalue weighted by Crippen LogP contribution is 2.26. The summed E-state index contributed by atoms with van der Waals surface area (Å²) in [7, 11) is 0. The standard InChI is InChI=1S/C21H22N4O2/c26-19(16-8-4-5-9-16)23-18-12-6-7-15(13-18)14-22-21-24-20(27-25-21)17-10-2-1-3-11-17/h1-3,6-7,10-13,16H,4-5,8-9,14H2,(H,22,25)(H,23,26). The summed E-state index contributed by atoms with van der Waals surface area (Å²) in [4.78, 5) is 16.6. The van der Waals surface area contributed by atoms with Crippen LogP contribution in [0.2, 0.25) is 0 Å². The van der Waals surface area contributed by atoms with E-state index < -0.39 is 0 Å². The Kier molecular flexibility index (Phi) is 5.14. The van der Waals surface area contributed by atoms with E-state index in [0.717, 1.165) is 42.5 Å². The molecule has 6 heteroatoms. The Morgan fingerprint density at radius 3 is 2.70 bits per heavy atom. The zero-order valence-electron chi connectivity index (χ0n) is 15.0. The minimum atomic E-state index is 0.128. The average molecular weight is 362 g/mol. The molecule has 1 saturated carbocycles. The third-order valence-corrected chi connectivity index (χ3v) is 4.82. The number of nitrogens with zero attached hydrogens (tertiary/aromatic N) is 2. The third kappa shape index (κ3) is 4.34. The van der Waals surface area contributed by atoms with Gasteiger partial charge in [0.2, 0.25) is 5.91 Å². The molecule has 6 nitrogen and oxygen atoms in total. The molecule has 3 aromatic rings. The summed E-state index contributed by atoms with van der Waals surface area (Å²) in [5.41, 5.74) is 2.74. The highest BCUT2D eigenvalue weighted by atomic mass is 16.5. The Bertz CT molecular complexity index is 901. The minimum Gasteiger partial charge on any atom is -0.347 e. The van der Waals surface area contributed by atoms with Gasteiger partial charge in [-0.15, -0.1) is 0 Å². The number of rotatable bonds is 6. The highest BCUT2D eigenvalue weighted by Gasteiger charge is 2.22. The molecule has 1 fully saturated rings. The molecule has 0 radical (unpaired) electrons. The number of nitrogens with one attached hydrogen (secondary N) is 2. The quantitative estimate of drug-likeness (QED) is 0.676. The van der Waals surface area contributed by atoms with Gasteiger partial charge in [0, 0.05) is 23.7 Å². The predicted molar refractivity (Wildman–Crippen MR) is 104 cm³/mol. The molecule has 138 valence electrons. The fourth-order valence-electron chi connectivity index (χ4n) is 3.37. The molecule has 1 aliphatic carbocycles. The molecule has 0 atom stereocenters. The fraction of sp³-hybridized carbons (Fsp3) is 0.286. The van der Waals surface area contributed by atoms with Gasteiger partial charge in [0.05, 0.1) is 0 Å². The molecule has 1 heterocycles. The second-order valence-electron chi connectivity index (χ2n) is 6.81. The van der Waals surface area contributed by atoms with Gasteiger partial charge in [-0.05, 0) is 47.8 Å². The van der Waals surface area contributed by atoms with Crippen molar-refractivity contribution in [2.24, 2.45) is 5.92 Å². The van der Waals surface area contributed by atoms with Crippen LogP contribution in [-0.2, 0) is 11.3 Å². The molecule has 0 bridgehead atoms. The minimum absolute atomic E-state index is 0.128. The van der Waals surface area contributed by atoms with Crippen LogP contribution in [0.5, 0.6) is 0 Å². The first-order chi connectivity index (χ1) is 13.3. The van der Waals surface area contributed by atoms with Crippen molar-refractivity contribution < 1.29 is 9.32 Å². The molecule has 0 saturated heterocycles. The molecule has 2 aromatic carbocycles. The monoisotopic (exact) mass is 362 g/mol. The van der Waals surface area contributed by atoms with E-state index in [1.54, 1.807) is 0 Å². The van der Waals surface area contributed by atoms with E-state index >= 15 is 0 Å². The Morgan fingerprint density at radius 2 is 1.89 bits per heavy atom. The van der Waals surface area contributed by atoms with Crippen molar-refractivity contribution in [1.29, 1.82) is 0 Å². The summed E-state index contributed by atoms with van der Waals surface area (Å²) in [6, 6.07) is 17.5. The normalized spacial score (nSPS) is 14.2. The molecule has 4 rings (SSSR count). The van der Waals surface area contributed by atoms with Crippen molar-refractivity contribution >= 4 is 17.5 Å². The second kappa shape index (κ2) is 8.03. The maximum atomic E-state index is 12.3. The van der Waals surface area contributed by atoms with Gasteiger partial charge in [-0.25, -0.2) is 0 Å². The lowest BCUT2D eigenvalue weighted by atomic mass is 10.1. The van der Waals surface area contributed by atoms with Gasteiger partial charge in [0.15, 0.2) is 0 Å². The van der Waals surface area contributed by atoms with Crippen LogP contribution < -0.4 is 10.6 Å². The molecular weight excluding hydrogens is 340 g/mol. The van der Waals surface area contributed by atoms with Gasteiger partial charge < -0.3 is 15.2 Å². The zero-order valence-corrected chi connectivity index (χ0v) is 15.0. The highest BCUT2D eigenvalue weighted by molar-refractivity contribution is 5.92. The Hall–Kier alpha value is -3.15. The van der Waals surface area contributed by atoms with Crippen LogP contribution in [0, 0.1) is 5.92 Å². The van der Waals surface area contributed by atoms with Gasteiger partial charge in [-0.3, -0.25) is 4.79 Å². The molecule has 1 aliphatic rings. The van der Waals surface area contributed by atoms with Gasteiger partial charge in [-0.1, -0.05) is 43.2 Å². The molecule has 0 unspecified atom stereocenters. The lowest BCUT2D eigenvalue weighted by molar-refractivity contribution is -0.119. The largest absolute Gasteiger partial charge is 0.347 e. The van der Waals surface area contributed by atoms with Crippen molar-refractivity contribution in [3.8, 4) is 11.5 Å². The van der Waals surface area contributed by atoms with E-state index in [-0.39, 0.29) is 11.8 Å². The molecule has 1 aromatic heterocycles. The third-order valence-electron chi connectivity index (χ3n) is 4.82. The number of aromatic nitrogens is 2. The first kappa shape index (κ1) is 17.3. The van der Waals surface area contributed by atoms with Crippen molar-refractivity contribution in [2.75, 3.05) is 10.6 Å². The van der Waals surface area contributed by atoms with Crippen LogP contribution in [0.15, 0.2) is 59.1 Å². The fourth-order valence-corrected chi connectivity index (χ4v) is 3.37. The lowest BCUT2D eigenvalue weighted by Gasteiger charge is -2.11. The van der Waals surface area contributed by atoms with Gasteiger partial charge in [-0.2, -0.15) is 4.98 Å². The van der Waals surface area contributed by atoms with Crippen LogP contribution in [0.25, 0.3) is 11.5 Å². The summed E-state index contributed by atoms with van der Waals surface area (Å²) in [5, 5.41) is 10.2. The number of carbonyl (C=O) groups is 1. The predicted octanol–water partition coefficient (Wildman–Crippen LogP) is 4.48. The summed E-state index contributed by atoms with van der Waals surface area (Å²) in [5.74, 6) is 1.20. The topological polar surface area (TPSA) is 80.0 Å². The first-order valence-corrected chi connectivity index (χ1v) is 9.31. The zero-order chi connectivity index (χ0) is 18.5. The second-order valence-corrected chi connectivity index (χ2v) is 6.81. The van der Waals surface area contributed by atoms with Crippen LogP contribution in [-0.4, -0.2) is 16.0 Å². The number of benzene rings is 2. The van der Waals surface area contributed by atoms with Gasteiger partial charge >= 0.3 is 0 Å². The average Bonchev–Trinajstić information content (AvgIpc) is 3.40. The molecule has 0 spiro atoms. The summed E-state index contributed by atoms with van der Waals surface area (Å²) < 4.78 is 5.29. The maximum Gasteiger partial charge on any atom is 0.264 e. The van der Waals surface area contributed by atoms with Gasteiger partial charge in [0.1, 0.15) is 0 Å². The van der Waals surface area contributed by atoms with E-state index in [1.807, 2.05) is 54.6 Å². The number of carbonyl (C=O) groups excluding carboxylic acids is 1. The summed E-state index contributed by atoms with van der Waals surface area (Å²) in [6.45, 7) is 0.543. The number of amides is 1. The Morgan fingerprint density at radius 1 is 1.07 bits per heavy atom. The van der Waals surface area contributed by atoms with Crippen LogP contribution >= 0.6 is 0 Å². The number of hydrogen-bond acceptors (Lipinski definition) is 5. The SMILES string of the molecule is O=C(Nc1cccc(CNc2noc(-c3ccccc3)n2)c1)C1CCCC1. The van der Waals surface area contributed by atoms with E-state index in [9.17, 15) is 4.79 Å². The first-order valence-electron chi connectivity index (χ1n) is 9.31. The summed E-state index contributed by atoms with van der Waals surface area (Å²) >= 11 is 0. The van der Waals surface area contributed by atoms with E-state index in [0.29, 0.717) is 18.4 Å². The van der Waals surface area contributed by atoms with Crippen molar-refractivity contribution in [1.82, 2.24) is 10.1 Å². The van der Waals surface area contributed by atoms with E-state index in [2.05, 4.69) is 20.8 Å².